The molecular formula is C24H27N5O3. The normalized spacial score (nSPS) is 14.1. The summed E-state index contributed by atoms with van der Waals surface area (Å²) < 4.78 is 11.2. The summed E-state index contributed by atoms with van der Waals surface area (Å²) in [5, 5.41) is 9.07. The summed E-state index contributed by atoms with van der Waals surface area (Å²) in [6.07, 6.45) is 0.848. The number of benzene rings is 2. The van der Waals surface area contributed by atoms with Crippen molar-refractivity contribution in [3.63, 3.8) is 0 Å². The third-order valence-electron chi connectivity index (χ3n) is 5.62. The summed E-state index contributed by atoms with van der Waals surface area (Å²) in [5.41, 5.74) is 2.92. The Balaban J connectivity index is 1.81. The van der Waals surface area contributed by atoms with Crippen LogP contribution in [-0.2, 0) is 4.79 Å². The molecule has 1 amide bonds. The van der Waals surface area contributed by atoms with Crippen LogP contribution >= 0.6 is 0 Å². The van der Waals surface area contributed by atoms with E-state index in [9.17, 15) is 4.79 Å². The van der Waals surface area contributed by atoms with E-state index in [2.05, 4.69) is 15.1 Å². The summed E-state index contributed by atoms with van der Waals surface area (Å²) in [6, 6.07) is 15.4. The van der Waals surface area contributed by atoms with Crippen molar-refractivity contribution in [2.45, 2.75) is 13.3 Å². The van der Waals surface area contributed by atoms with Crippen LogP contribution in [0.25, 0.3) is 22.5 Å². The maximum Gasteiger partial charge on any atom is 0.246 e. The van der Waals surface area contributed by atoms with E-state index >= 15 is 0 Å². The van der Waals surface area contributed by atoms with E-state index in [4.69, 9.17) is 14.5 Å². The highest BCUT2D eigenvalue weighted by atomic mass is 16.5. The Labute approximate surface area is 187 Å². The molecule has 4 rings (SSSR count). The molecule has 166 valence electrons. The standard InChI is InChI=1S/C24H27N5O3/c1-17(30)28-13-8-14-29(16-15-28)24-25-22(18-9-4-6-11-20(18)31-2)23(26-27-24)19-10-5-7-12-21(19)32-3/h4-7,9-12H,8,13-16H2,1-3H3. The van der Waals surface area contributed by atoms with Crippen LogP contribution in [-0.4, -0.2) is 66.4 Å². The number of nitrogens with zero attached hydrogens (tertiary/aromatic N) is 5. The van der Waals surface area contributed by atoms with E-state index in [-0.39, 0.29) is 5.91 Å². The fourth-order valence-corrected chi connectivity index (χ4v) is 3.93. The van der Waals surface area contributed by atoms with Crippen LogP contribution in [0.15, 0.2) is 48.5 Å². The second-order valence-electron chi connectivity index (χ2n) is 7.56. The molecule has 8 nitrogen and oxygen atoms in total. The molecule has 0 aliphatic carbocycles. The average molecular weight is 434 g/mol. The van der Waals surface area contributed by atoms with Gasteiger partial charge in [0.25, 0.3) is 0 Å². The minimum Gasteiger partial charge on any atom is -0.496 e. The Bertz CT molecular complexity index is 1100. The molecule has 3 aromatic rings. The summed E-state index contributed by atoms with van der Waals surface area (Å²) >= 11 is 0. The van der Waals surface area contributed by atoms with Crippen molar-refractivity contribution < 1.29 is 14.3 Å². The van der Waals surface area contributed by atoms with Crippen LogP contribution in [0.5, 0.6) is 11.5 Å². The van der Waals surface area contributed by atoms with Crippen LogP contribution in [0.3, 0.4) is 0 Å². The van der Waals surface area contributed by atoms with Gasteiger partial charge < -0.3 is 19.3 Å². The lowest BCUT2D eigenvalue weighted by Crippen LogP contribution is -2.34. The number of carbonyl (C=O) groups excluding carboxylic acids is 1. The van der Waals surface area contributed by atoms with Crippen molar-refractivity contribution in [3.8, 4) is 34.0 Å². The number of aromatic nitrogens is 3. The SMILES string of the molecule is COc1ccccc1-c1nnc(N2CCCN(C(C)=O)CC2)nc1-c1ccccc1OC. The first-order valence-electron chi connectivity index (χ1n) is 10.6. The highest BCUT2D eigenvalue weighted by Crippen LogP contribution is 2.38. The third kappa shape index (κ3) is 4.34. The van der Waals surface area contributed by atoms with Crippen LogP contribution < -0.4 is 14.4 Å². The number of anilines is 1. The summed E-state index contributed by atoms with van der Waals surface area (Å²) in [5.74, 6) is 2.02. The number of hydrogen-bond donors (Lipinski definition) is 0. The first kappa shape index (κ1) is 21.5. The first-order valence-corrected chi connectivity index (χ1v) is 10.6. The maximum atomic E-state index is 11.8. The Morgan fingerprint density at radius 1 is 0.812 bits per heavy atom. The zero-order valence-corrected chi connectivity index (χ0v) is 18.6. The molecule has 0 spiro atoms. The van der Waals surface area contributed by atoms with E-state index < -0.39 is 0 Å². The van der Waals surface area contributed by atoms with Crippen molar-refractivity contribution in [2.24, 2.45) is 0 Å². The molecule has 1 saturated heterocycles. The fraction of sp³-hybridized carbons (Fsp3) is 0.333. The lowest BCUT2D eigenvalue weighted by atomic mass is 10.0. The number of methoxy groups -OCH3 is 2. The van der Waals surface area contributed by atoms with Crippen molar-refractivity contribution in [1.82, 2.24) is 20.1 Å². The van der Waals surface area contributed by atoms with E-state index in [0.29, 0.717) is 41.9 Å². The number of hydrogen-bond acceptors (Lipinski definition) is 7. The molecule has 2 heterocycles. The van der Waals surface area contributed by atoms with E-state index in [0.717, 1.165) is 30.6 Å². The van der Waals surface area contributed by atoms with Crippen LogP contribution in [0.1, 0.15) is 13.3 Å². The molecule has 0 saturated carbocycles. The van der Waals surface area contributed by atoms with E-state index in [1.165, 1.54) is 0 Å². The minimum atomic E-state index is 0.0899. The summed E-state index contributed by atoms with van der Waals surface area (Å²) in [7, 11) is 3.27. The molecule has 0 atom stereocenters. The van der Waals surface area contributed by atoms with Gasteiger partial charge in [-0.2, -0.15) is 0 Å². The smallest absolute Gasteiger partial charge is 0.246 e. The van der Waals surface area contributed by atoms with Gasteiger partial charge in [-0.3, -0.25) is 4.79 Å². The van der Waals surface area contributed by atoms with Gasteiger partial charge >= 0.3 is 0 Å². The molecule has 1 aromatic heterocycles. The van der Waals surface area contributed by atoms with Gasteiger partial charge in [-0.15, -0.1) is 10.2 Å². The van der Waals surface area contributed by atoms with Crippen molar-refractivity contribution >= 4 is 11.9 Å². The Hall–Kier alpha value is -3.68. The van der Waals surface area contributed by atoms with Crippen molar-refractivity contribution in [2.75, 3.05) is 45.3 Å². The van der Waals surface area contributed by atoms with Gasteiger partial charge in [0.1, 0.15) is 22.9 Å². The molecule has 1 aliphatic heterocycles. The van der Waals surface area contributed by atoms with Gasteiger partial charge in [0, 0.05) is 44.2 Å². The topological polar surface area (TPSA) is 80.7 Å². The molecule has 32 heavy (non-hydrogen) atoms. The average Bonchev–Trinajstić information content (AvgIpc) is 3.10. The van der Waals surface area contributed by atoms with Crippen LogP contribution in [0, 0.1) is 0 Å². The van der Waals surface area contributed by atoms with Gasteiger partial charge in [-0.1, -0.05) is 24.3 Å². The van der Waals surface area contributed by atoms with Crippen molar-refractivity contribution in [1.29, 1.82) is 0 Å². The molecule has 1 aliphatic rings. The Morgan fingerprint density at radius 3 is 2.06 bits per heavy atom. The lowest BCUT2D eigenvalue weighted by Gasteiger charge is -2.22. The molecule has 0 unspecified atom stereocenters. The number of para-hydroxylation sites is 2. The molecule has 1 fully saturated rings. The van der Waals surface area contributed by atoms with Gasteiger partial charge in [0.2, 0.25) is 11.9 Å². The maximum absolute atomic E-state index is 11.8. The highest BCUT2D eigenvalue weighted by molar-refractivity contribution is 5.83. The second kappa shape index (κ2) is 9.64. The Kier molecular flexibility index (Phi) is 6.49. The summed E-state index contributed by atoms with van der Waals surface area (Å²) in [6.45, 7) is 4.38. The van der Waals surface area contributed by atoms with Gasteiger partial charge in [0.05, 0.1) is 14.2 Å². The highest BCUT2D eigenvalue weighted by Gasteiger charge is 2.23. The van der Waals surface area contributed by atoms with Gasteiger partial charge in [-0.05, 0) is 30.7 Å². The largest absolute Gasteiger partial charge is 0.496 e. The molecule has 0 bridgehead atoms. The van der Waals surface area contributed by atoms with E-state index in [1.807, 2.05) is 53.4 Å². The number of rotatable bonds is 5. The predicted octanol–water partition coefficient (Wildman–Crippen LogP) is 3.28. The second-order valence-corrected chi connectivity index (χ2v) is 7.56. The quantitative estimate of drug-likeness (QED) is 0.611. The third-order valence-corrected chi connectivity index (χ3v) is 5.62. The van der Waals surface area contributed by atoms with Crippen molar-refractivity contribution in [3.05, 3.63) is 48.5 Å². The molecule has 0 radical (unpaired) electrons. The zero-order valence-electron chi connectivity index (χ0n) is 18.6. The number of ether oxygens (including phenoxy) is 2. The molecular weight excluding hydrogens is 406 g/mol. The van der Waals surface area contributed by atoms with Crippen LogP contribution in [0.4, 0.5) is 5.95 Å². The van der Waals surface area contributed by atoms with Crippen LogP contribution in [0.2, 0.25) is 0 Å². The monoisotopic (exact) mass is 433 g/mol. The van der Waals surface area contributed by atoms with Gasteiger partial charge in [0.15, 0.2) is 0 Å². The molecule has 0 N–H and O–H groups in total. The predicted molar refractivity (Wildman–Crippen MR) is 123 cm³/mol. The summed E-state index contributed by atoms with van der Waals surface area (Å²) in [4.78, 5) is 20.7. The lowest BCUT2D eigenvalue weighted by molar-refractivity contribution is -0.128. The molecule has 8 heteroatoms. The first-order chi connectivity index (χ1) is 15.6. The number of amides is 1. The fourth-order valence-electron chi connectivity index (χ4n) is 3.93. The minimum absolute atomic E-state index is 0.0899. The van der Waals surface area contributed by atoms with Gasteiger partial charge in [-0.25, -0.2) is 4.98 Å². The van der Waals surface area contributed by atoms with E-state index in [1.54, 1.807) is 21.1 Å². The Morgan fingerprint density at radius 2 is 1.44 bits per heavy atom. The zero-order chi connectivity index (χ0) is 22.5. The molecule has 2 aromatic carbocycles. The number of carbonyl (C=O) groups is 1.